The highest BCUT2D eigenvalue weighted by Crippen LogP contribution is 2.42. The predicted octanol–water partition coefficient (Wildman–Crippen LogP) is 7.31. The summed E-state index contributed by atoms with van der Waals surface area (Å²) in [6.07, 6.45) is 7.49. The van der Waals surface area contributed by atoms with Gasteiger partial charge in [-0.05, 0) is 74.9 Å². The fourth-order valence-corrected chi connectivity index (χ4v) is 5.51. The normalized spacial score (nSPS) is 14.5. The van der Waals surface area contributed by atoms with E-state index in [-0.39, 0.29) is 0 Å². The van der Waals surface area contributed by atoms with E-state index in [1.807, 2.05) is 67.9 Å². The molecule has 0 saturated heterocycles. The van der Waals surface area contributed by atoms with Gasteiger partial charge in [-0.2, -0.15) is 5.10 Å². The van der Waals surface area contributed by atoms with Crippen LogP contribution in [0.25, 0.3) is 45.0 Å². The van der Waals surface area contributed by atoms with Crippen LogP contribution in [0.1, 0.15) is 51.2 Å². The molecular formula is C35H34N4O4. The van der Waals surface area contributed by atoms with E-state index in [0.717, 1.165) is 63.7 Å². The Morgan fingerprint density at radius 2 is 1.72 bits per heavy atom. The number of hydrogen-bond donors (Lipinski definition) is 1. The van der Waals surface area contributed by atoms with Gasteiger partial charge in [-0.1, -0.05) is 60.7 Å². The van der Waals surface area contributed by atoms with Crippen LogP contribution in [0.2, 0.25) is 0 Å². The summed E-state index contributed by atoms with van der Waals surface area (Å²) in [5.41, 5.74) is 6.16. The van der Waals surface area contributed by atoms with E-state index < -0.39 is 23.2 Å². The summed E-state index contributed by atoms with van der Waals surface area (Å²) in [6.45, 7) is 5.60. The number of rotatable bonds is 6. The van der Waals surface area contributed by atoms with Crippen molar-refractivity contribution in [2.24, 2.45) is 0 Å². The largest absolute Gasteiger partial charge is 0.466 e. The number of carbonyl (C=O) groups excluding carboxylic acids is 2. The standard InChI is InChI=1S/C35H34N4O4/c1-34(2,3)43-33(41)37-35(19-8-20-35)26-15-13-25(14-16-26)31-28(24-9-6-5-7-10-24)22-39-32(36-31)27-21-23(11-17-29(27)38-39)12-18-30(40)42-4/h5-7,9-18,21-22H,8,19-20H2,1-4H3,(H,37,41). The molecule has 1 fully saturated rings. The third-order valence-electron chi connectivity index (χ3n) is 7.77. The Kier molecular flexibility index (Phi) is 7.22. The van der Waals surface area contributed by atoms with Crippen LogP contribution in [-0.2, 0) is 19.8 Å². The number of carbonyl (C=O) groups is 2. The number of fused-ring (bicyclic) bond motifs is 3. The highest BCUT2D eigenvalue weighted by molar-refractivity contribution is 5.96. The number of nitrogens with zero attached hydrogens (tertiary/aromatic N) is 3. The minimum absolute atomic E-state index is 0.400. The zero-order chi connectivity index (χ0) is 30.2. The maximum absolute atomic E-state index is 12.7. The lowest BCUT2D eigenvalue weighted by Gasteiger charge is -2.43. The van der Waals surface area contributed by atoms with E-state index in [0.29, 0.717) is 5.65 Å². The summed E-state index contributed by atoms with van der Waals surface area (Å²) in [7, 11) is 1.35. The molecule has 1 aliphatic rings. The topological polar surface area (TPSA) is 94.8 Å². The first kappa shape index (κ1) is 28.2. The van der Waals surface area contributed by atoms with E-state index in [1.54, 1.807) is 6.08 Å². The van der Waals surface area contributed by atoms with Crippen LogP contribution in [0, 0.1) is 0 Å². The Labute approximate surface area is 250 Å². The molecule has 3 aromatic carbocycles. The van der Waals surface area contributed by atoms with E-state index >= 15 is 0 Å². The molecule has 0 spiro atoms. The Balaban J connectivity index is 1.42. The lowest BCUT2D eigenvalue weighted by Crippen LogP contribution is -2.52. The second-order valence-electron chi connectivity index (χ2n) is 11.9. The number of nitrogens with one attached hydrogen (secondary N) is 1. The lowest BCUT2D eigenvalue weighted by molar-refractivity contribution is -0.134. The number of aromatic nitrogens is 3. The number of amides is 1. The molecule has 218 valence electrons. The van der Waals surface area contributed by atoms with Crippen molar-refractivity contribution in [3.8, 4) is 22.4 Å². The maximum atomic E-state index is 12.7. The van der Waals surface area contributed by atoms with E-state index in [1.165, 1.54) is 13.2 Å². The number of hydrogen-bond acceptors (Lipinski definition) is 6. The van der Waals surface area contributed by atoms with Crippen LogP contribution in [-0.4, -0.2) is 39.4 Å². The fourth-order valence-electron chi connectivity index (χ4n) is 5.51. The van der Waals surface area contributed by atoms with Gasteiger partial charge in [0.25, 0.3) is 0 Å². The molecule has 1 N–H and O–H groups in total. The molecule has 0 radical (unpaired) electrons. The van der Waals surface area contributed by atoms with Gasteiger partial charge in [-0.15, -0.1) is 0 Å². The van der Waals surface area contributed by atoms with Crippen molar-refractivity contribution >= 4 is 34.7 Å². The molecule has 0 atom stereocenters. The summed E-state index contributed by atoms with van der Waals surface area (Å²) >= 11 is 0. The molecule has 0 unspecified atom stereocenters. The quantitative estimate of drug-likeness (QED) is 0.169. The van der Waals surface area contributed by atoms with Crippen molar-refractivity contribution in [1.29, 1.82) is 0 Å². The molecule has 0 bridgehead atoms. The molecule has 8 nitrogen and oxygen atoms in total. The first-order valence-electron chi connectivity index (χ1n) is 14.4. The minimum atomic E-state index is -0.562. The summed E-state index contributed by atoms with van der Waals surface area (Å²) in [6, 6.07) is 24.2. The molecule has 5 aromatic rings. The van der Waals surface area contributed by atoms with Crippen LogP contribution >= 0.6 is 0 Å². The number of benzene rings is 3. The third kappa shape index (κ3) is 5.73. The van der Waals surface area contributed by atoms with E-state index in [2.05, 4.69) is 41.7 Å². The van der Waals surface area contributed by atoms with Crippen molar-refractivity contribution < 1.29 is 19.1 Å². The van der Waals surface area contributed by atoms with Gasteiger partial charge in [0.05, 0.1) is 23.9 Å². The van der Waals surface area contributed by atoms with Gasteiger partial charge >= 0.3 is 12.1 Å². The smallest absolute Gasteiger partial charge is 0.408 e. The maximum Gasteiger partial charge on any atom is 0.408 e. The van der Waals surface area contributed by atoms with Crippen molar-refractivity contribution in [3.05, 3.63) is 96.2 Å². The Bertz CT molecular complexity index is 1850. The monoisotopic (exact) mass is 574 g/mol. The van der Waals surface area contributed by atoms with E-state index in [4.69, 9.17) is 19.6 Å². The zero-order valence-electron chi connectivity index (χ0n) is 24.8. The highest BCUT2D eigenvalue weighted by Gasteiger charge is 2.41. The second kappa shape index (κ2) is 11.0. The summed E-state index contributed by atoms with van der Waals surface area (Å²) < 4.78 is 12.1. The average Bonchev–Trinajstić information content (AvgIpc) is 3.33. The predicted molar refractivity (Wildman–Crippen MR) is 167 cm³/mol. The third-order valence-corrected chi connectivity index (χ3v) is 7.77. The first-order valence-corrected chi connectivity index (χ1v) is 14.4. The van der Waals surface area contributed by atoms with Gasteiger partial charge in [-0.3, -0.25) is 0 Å². The van der Waals surface area contributed by atoms with Crippen molar-refractivity contribution in [2.45, 2.75) is 51.2 Å². The van der Waals surface area contributed by atoms with E-state index in [9.17, 15) is 9.59 Å². The van der Waals surface area contributed by atoms with Crippen LogP contribution in [0.3, 0.4) is 0 Å². The minimum Gasteiger partial charge on any atom is -0.466 e. The van der Waals surface area contributed by atoms with Crippen molar-refractivity contribution in [3.63, 3.8) is 0 Å². The number of methoxy groups -OCH3 is 1. The molecule has 1 aliphatic carbocycles. The molecule has 43 heavy (non-hydrogen) atoms. The second-order valence-corrected chi connectivity index (χ2v) is 11.9. The number of ether oxygens (including phenoxy) is 2. The summed E-state index contributed by atoms with van der Waals surface area (Å²) in [4.78, 5) is 29.5. The van der Waals surface area contributed by atoms with Crippen molar-refractivity contribution in [1.82, 2.24) is 19.9 Å². The molecule has 6 rings (SSSR count). The molecule has 1 amide bonds. The van der Waals surface area contributed by atoms with Gasteiger partial charge < -0.3 is 14.8 Å². The van der Waals surface area contributed by atoms with Gasteiger partial charge in [0.2, 0.25) is 0 Å². The first-order chi connectivity index (χ1) is 20.6. The lowest BCUT2D eigenvalue weighted by atomic mass is 9.71. The van der Waals surface area contributed by atoms with Gasteiger partial charge in [0.1, 0.15) is 5.60 Å². The van der Waals surface area contributed by atoms with Crippen molar-refractivity contribution in [2.75, 3.05) is 7.11 Å². The number of esters is 1. The summed E-state index contributed by atoms with van der Waals surface area (Å²) in [5.74, 6) is -0.415. The molecule has 8 heteroatoms. The summed E-state index contributed by atoms with van der Waals surface area (Å²) in [5, 5.41) is 8.81. The average molecular weight is 575 g/mol. The molecule has 1 saturated carbocycles. The van der Waals surface area contributed by atoms with Gasteiger partial charge in [0, 0.05) is 28.8 Å². The molecule has 2 aromatic heterocycles. The van der Waals surface area contributed by atoms with Crippen LogP contribution in [0.5, 0.6) is 0 Å². The Morgan fingerprint density at radius 1 is 0.977 bits per heavy atom. The van der Waals surface area contributed by atoms with Crippen LogP contribution < -0.4 is 5.32 Å². The Morgan fingerprint density at radius 3 is 2.37 bits per heavy atom. The van der Waals surface area contributed by atoms with Crippen LogP contribution in [0.4, 0.5) is 4.79 Å². The van der Waals surface area contributed by atoms with Crippen LogP contribution in [0.15, 0.2) is 85.1 Å². The molecular weight excluding hydrogens is 540 g/mol. The zero-order valence-corrected chi connectivity index (χ0v) is 24.8. The molecule has 0 aliphatic heterocycles. The Hall–Kier alpha value is -4.98. The van der Waals surface area contributed by atoms with Gasteiger partial charge in [-0.25, -0.2) is 19.1 Å². The molecule has 2 heterocycles. The number of alkyl carbamates (subject to hydrolysis) is 1. The SMILES string of the molecule is COC(=O)C=Cc1ccc2nn3cc(-c4ccccc4)c(-c4ccc(C5(NC(=O)OC(C)(C)C)CCC5)cc4)nc3c2c1. The van der Waals surface area contributed by atoms with Gasteiger partial charge in [0.15, 0.2) is 5.65 Å². The highest BCUT2D eigenvalue weighted by atomic mass is 16.6. The fraction of sp³-hybridized carbons (Fsp3) is 0.257.